The smallest absolute Gasteiger partial charge is 0.204 e. The number of methoxy groups -OCH3 is 1. The fourth-order valence-electron chi connectivity index (χ4n) is 2.37. The highest BCUT2D eigenvalue weighted by Crippen LogP contribution is 2.35. The highest BCUT2D eigenvalue weighted by atomic mass is 16.5. The van der Waals surface area contributed by atoms with Crippen LogP contribution >= 0.6 is 0 Å². The molecule has 5 nitrogen and oxygen atoms in total. The zero-order valence-electron chi connectivity index (χ0n) is 11.6. The summed E-state index contributed by atoms with van der Waals surface area (Å²) in [6, 6.07) is 0. The van der Waals surface area contributed by atoms with Crippen molar-refractivity contribution in [2.24, 2.45) is 11.8 Å². The third-order valence-electron chi connectivity index (χ3n) is 3.62. The lowest BCUT2D eigenvalue weighted by Gasteiger charge is -2.21. The van der Waals surface area contributed by atoms with Gasteiger partial charge in [-0.3, -0.25) is 0 Å². The van der Waals surface area contributed by atoms with E-state index in [4.69, 9.17) is 4.74 Å². The SMILES string of the molecule is CCNc1ncnc(N2CC(C)C(C)C2)c1OC. The van der Waals surface area contributed by atoms with Gasteiger partial charge in [0.15, 0.2) is 11.6 Å². The van der Waals surface area contributed by atoms with E-state index in [0.717, 1.165) is 37.0 Å². The average molecular weight is 250 g/mol. The summed E-state index contributed by atoms with van der Waals surface area (Å²) in [6.07, 6.45) is 1.60. The highest BCUT2D eigenvalue weighted by molar-refractivity contribution is 5.65. The molecule has 1 aromatic heterocycles. The van der Waals surface area contributed by atoms with Crippen LogP contribution in [0.2, 0.25) is 0 Å². The van der Waals surface area contributed by atoms with Crippen molar-refractivity contribution in [3.8, 4) is 5.75 Å². The fraction of sp³-hybridized carbons (Fsp3) is 0.692. The lowest BCUT2D eigenvalue weighted by atomic mass is 10.0. The minimum absolute atomic E-state index is 0.687. The number of rotatable bonds is 4. The summed E-state index contributed by atoms with van der Waals surface area (Å²) in [6.45, 7) is 9.48. The third-order valence-corrected chi connectivity index (χ3v) is 3.62. The van der Waals surface area contributed by atoms with E-state index >= 15 is 0 Å². The molecule has 1 N–H and O–H groups in total. The molecule has 1 aliphatic heterocycles. The minimum atomic E-state index is 0.687. The minimum Gasteiger partial charge on any atom is -0.490 e. The van der Waals surface area contributed by atoms with Crippen LogP contribution in [0.5, 0.6) is 5.75 Å². The molecule has 2 unspecified atom stereocenters. The van der Waals surface area contributed by atoms with Crippen LogP contribution in [-0.4, -0.2) is 36.7 Å². The van der Waals surface area contributed by atoms with Gasteiger partial charge in [-0.1, -0.05) is 13.8 Å². The summed E-state index contributed by atoms with van der Waals surface area (Å²) in [7, 11) is 1.67. The summed E-state index contributed by atoms with van der Waals surface area (Å²) in [5, 5.41) is 3.21. The van der Waals surface area contributed by atoms with E-state index in [9.17, 15) is 0 Å². The maximum Gasteiger partial charge on any atom is 0.204 e. The first-order chi connectivity index (χ1) is 8.67. The van der Waals surface area contributed by atoms with Gasteiger partial charge in [-0.05, 0) is 18.8 Å². The van der Waals surface area contributed by atoms with Gasteiger partial charge < -0.3 is 15.0 Å². The summed E-state index contributed by atoms with van der Waals surface area (Å²) < 4.78 is 5.48. The van der Waals surface area contributed by atoms with Crippen LogP contribution < -0.4 is 15.0 Å². The molecule has 0 aromatic carbocycles. The molecule has 0 saturated carbocycles. The van der Waals surface area contributed by atoms with Crippen molar-refractivity contribution < 1.29 is 4.74 Å². The van der Waals surface area contributed by atoms with Crippen LogP contribution in [0.15, 0.2) is 6.33 Å². The molecule has 2 heterocycles. The Bertz CT molecular complexity index is 400. The zero-order chi connectivity index (χ0) is 13.1. The lowest BCUT2D eigenvalue weighted by Crippen LogP contribution is -2.22. The molecule has 0 amide bonds. The number of nitrogens with zero attached hydrogens (tertiary/aromatic N) is 3. The van der Waals surface area contributed by atoms with Gasteiger partial charge in [-0.2, -0.15) is 0 Å². The Hall–Kier alpha value is -1.52. The Kier molecular flexibility index (Phi) is 3.89. The average Bonchev–Trinajstić information content (AvgIpc) is 2.69. The van der Waals surface area contributed by atoms with Gasteiger partial charge in [0.05, 0.1) is 7.11 Å². The van der Waals surface area contributed by atoms with Crippen LogP contribution in [0, 0.1) is 11.8 Å². The Labute approximate surface area is 109 Å². The van der Waals surface area contributed by atoms with E-state index < -0.39 is 0 Å². The van der Waals surface area contributed by atoms with Crippen molar-refractivity contribution in [2.75, 3.05) is 37.0 Å². The molecule has 0 spiro atoms. The first-order valence-corrected chi connectivity index (χ1v) is 6.55. The first kappa shape index (κ1) is 12.9. The van der Waals surface area contributed by atoms with Gasteiger partial charge in [0.2, 0.25) is 5.75 Å². The topological polar surface area (TPSA) is 50.3 Å². The molecule has 0 aliphatic carbocycles. The quantitative estimate of drug-likeness (QED) is 0.886. The van der Waals surface area contributed by atoms with E-state index in [0.29, 0.717) is 11.8 Å². The summed E-state index contributed by atoms with van der Waals surface area (Å²) in [4.78, 5) is 10.9. The fourth-order valence-corrected chi connectivity index (χ4v) is 2.37. The van der Waals surface area contributed by atoms with Crippen molar-refractivity contribution in [3.63, 3.8) is 0 Å². The summed E-state index contributed by atoms with van der Waals surface area (Å²) in [5.41, 5.74) is 0. The van der Waals surface area contributed by atoms with Crippen LogP contribution in [0.25, 0.3) is 0 Å². The Morgan fingerprint density at radius 2 is 2.00 bits per heavy atom. The molecular weight excluding hydrogens is 228 g/mol. The zero-order valence-corrected chi connectivity index (χ0v) is 11.6. The summed E-state index contributed by atoms with van der Waals surface area (Å²) >= 11 is 0. The number of hydrogen-bond acceptors (Lipinski definition) is 5. The Morgan fingerprint density at radius 1 is 1.33 bits per heavy atom. The third kappa shape index (κ3) is 2.35. The molecule has 0 bridgehead atoms. The Morgan fingerprint density at radius 3 is 2.56 bits per heavy atom. The van der Waals surface area contributed by atoms with Gasteiger partial charge >= 0.3 is 0 Å². The van der Waals surface area contributed by atoms with E-state index in [1.54, 1.807) is 13.4 Å². The number of nitrogens with one attached hydrogen (secondary N) is 1. The molecule has 1 aromatic rings. The van der Waals surface area contributed by atoms with Gasteiger partial charge in [-0.15, -0.1) is 0 Å². The van der Waals surface area contributed by atoms with E-state index in [-0.39, 0.29) is 0 Å². The van der Waals surface area contributed by atoms with E-state index in [2.05, 4.69) is 34.0 Å². The molecule has 1 saturated heterocycles. The number of ether oxygens (including phenoxy) is 1. The summed E-state index contributed by atoms with van der Waals surface area (Å²) in [5.74, 6) is 3.80. The maximum atomic E-state index is 5.48. The molecule has 0 radical (unpaired) electrons. The second-order valence-corrected chi connectivity index (χ2v) is 4.97. The lowest BCUT2D eigenvalue weighted by molar-refractivity contribution is 0.412. The molecule has 100 valence electrons. The molecule has 2 atom stereocenters. The van der Waals surface area contributed by atoms with Crippen molar-refractivity contribution in [2.45, 2.75) is 20.8 Å². The van der Waals surface area contributed by atoms with Gasteiger partial charge in [-0.25, -0.2) is 9.97 Å². The predicted molar refractivity (Wildman–Crippen MR) is 73.3 cm³/mol. The number of hydrogen-bond donors (Lipinski definition) is 1. The second-order valence-electron chi connectivity index (χ2n) is 4.97. The molecule has 1 fully saturated rings. The van der Waals surface area contributed by atoms with Crippen LogP contribution in [0.1, 0.15) is 20.8 Å². The van der Waals surface area contributed by atoms with E-state index in [1.807, 2.05) is 6.92 Å². The monoisotopic (exact) mass is 250 g/mol. The van der Waals surface area contributed by atoms with Crippen molar-refractivity contribution in [1.29, 1.82) is 0 Å². The second kappa shape index (κ2) is 5.42. The van der Waals surface area contributed by atoms with Crippen LogP contribution in [0.4, 0.5) is 11.6 Å². The highest BCUT2D eigenvalue weighted by Gasteiger charge is 2.29. The first-order valence-electron chi connectivity index (χ1n) is 6.55. The largest absolute Gasteiger partial charge is 0.490 e. The van der Waals surface area contributed by atoms with Crippen LogP contribution in [-0.2, 0) is 0 Å². The Balaban J connectivity index is 2.30. The van der Waals surface area contributed by atoms with Crippen molar-refractivity contribution >= 4 is 11.6 Å². The van der Waals surface area contributed by atoms with Crippen LogP contribution in [0.3, 0.4) is 0 Å². The van der Waals surface area contributed by atoms with Crippen molar-refractivity contribution in [3.05, 3.63) is 6.33 Å². The predicted octanol–water partition coefficient (Wildman–Crippen LogP) is 2.01. The van der Waals surface area contributed by atoms with Crippen molar-refractivity contribution in [1.82, 2.24) is 9.97 Å². The molecule has 1 aliphatic rings. The number of anilines is 2. The van der Waals surface area contributed by atoms with Gasteiger partial charge in [0.25, 0.3) is 0 Å². The standard InChI is InChI=1S/C13H22N4O/c1-5-14-12-11(18-4)13(16-8-15-12)17-6-9(2)10(3)7-17/h8-10H,5-7H2,1-4H3,(H,14,15,16). The number of aromatic nitrogens is 2. The molecule has 18 heavy (non-hydrogen) atoms. The molecule has 5 heteroatoms. The van der Waals surface area contributed by atoms with Gasteiger partial charge in [0.1, 0.15) is 6.33 Å². The van der Waals surface area contributed by atoms with Gasteiger partial charge in [0, 0.05) is 19.6 Å². The normalized spacial score (nSPS) is 23.2. The molecular formula is C13H22N4O. The maximum absolute atomic E-state index is 5.48. The molecule has 2 rings (SSSR count). The van der Waals surface area contributed by atoms with E-state index in [1.165, 1.54) is 0 Å².